The number of nitrogens with zero attached hydrogens (tertiary/aromatic N) is 3. The lowest BCUT2D eigenvalue weighted by atomic mass is 9.66. The largest absolute Gasteiger partial charge is 0.381 e. The molecule has 1 unspecified atom stereocenters. The predicted octanol–water partition coefficient (Wildman–Crippen LogP) is 3.04. The Balaban J connectivity index is 1.49. The second-order valence-electron chi connectivity index (χ2n) is 9.45. The molecule has 0 bridgehead atoms. The molecular formula is C24H38N4O. The molecule has 0 saturated carbocycles. The zero-order valence-electron chi connectivity index (χ0n) is 18.5. The number of ether oxygens (including phenoxy) is 1. The van der Waals surface area contributed by atoms with Crippen molar-refractivity contribution in [3.63, 3.8) is 0 Å². The van der Waals surface area contributed by atoms with Crippen molar-refractivity contribution in [3.05, 3.63) is 35.4 Å². The average molecular weight is 399 g/mol. The Morgan fingerprint density at radius 1 is 1.14 bits per heavy atom. The highest BCUT2D eigenvalue weighted by Gasteiger charge is 2.41. The highest BCUT2D eigenvalue weighted by molar-refractivity contribution is 5.80. The van der Waals surface area contributed by atoms with Crippen LogP contribution in [0.1, 0.15) is 49.7 Å². The van der Waals surface area contributed by atoms with Gasteiger partial charge in [0.05, 0.1) is 0 Å². The van der Waals surface area contributed by atoms with Crippen LogP contribution < -0.4 is 5.32 Å². The van der Waals surface area contributed by atoms with Gasteiger partial charge in [0.2, 0.25) is 0 Å². The van der Waals surface area contributed by atoms with Crippen molar-refractivity contribution in [1.82, 2.24) is 15.1 Å². The van der Waals surface area contributed by atoms with Gasteiger partial charge in [-0.15, -0.1) is 0 Å². The Hall–Kier alpha value is -1.59. The smallest absolute Gasteiger partial charge is 0.193 e. The molecule has 2 aliphatic heterocycles. The first-order chi connectivity index (χ1) is 14.1. The summed E-state index contributed by atoms with van der Waals surface area (Å²) in [5.74, 6) is 1.07. The molecule has 0 amide bonds. The van der Waals surface area contributed by atoms with E-state index in [4.69, 9.17) is 9.73 Å². The number of likely N-dealkylation sites (tertiary alicyclic amines) is 1. The summed E-state index contributed by atoms with van der Waals surface area (Å²) in [4.78, 5) is 9.60. The van der Waals surface area contributed by atoms with Crippen molar-refractivity contribution in [2.45, 2.75) is 55.9 Å². The third-order valence-electron chi connectivity index (χ3n) is 7.73. The molecule has 0 radical (unpaired) electrons. The van der Waals surface area contributed by atoms with Crippen molar-refractivity contribution in [3.8, 4) is 0 Å². The number of piperidine rings is 1. The maximum Gasteiger partial charge on any atom is 0.193 e. The third kappa shape index (κ3) is 4.04. The number of hydrogen-bond acceptors (Lipinski definition) is 3. The summed E-state index contributed by atoms with van der Waals surface area (Å²) in [6.45, 7) is 4.81. The Labute approximate surface area is 176 Å². The van der Waals surface area contributed by atoms with Gasteiger partial charge in [-0.25, -0.2) is 0 Å². The molecule has 5 heteroatoms. The molecule has 1 atom stereocenters. The fourth-order valence-corrected chi connectivity index (χ4v) is 5.85. The Kier molecular flexibility index (Phi) is 6.16. The SMILES string of the molecule is CN=C(NCC1(N(C)C)CCOCC1)N1CCCC2(CCCc3ccccc32)C1. The first-order valence-electron chi connectivity index (χ1n) is 11.4. The van der Waals surface area contributed by atoms with Crippen LogP contribution in [0.15, 0.2) is 29.3 Å². The van der Waals surface area contributed by atoms with Crippen LogP contribution >= 0.6 is 0 Å². The van der Waals surface area contributed by atoms with Gasteiger partial charge in [-0.3, -0.25) is 4.99 Å². The van der Waals surface area contributed by atoms with Crippen LogP contribution in [0.25, 0.3) is 0 Å². The van der Waals surface area contributed by atoms with E-state index in [1.165, 1.54) is 32.1 Å². The molecule has 2 heterocycles. The first kappa shape index (κ1) is 20.7. The van der Waals surface area contributed by atoms with E-state index in [1.807, 2.05) is 7.05 Å². The number of hydrogen-bond donors (Lipinski definition) is 1. The van der Waals surface area contributed by atoms with E-state index in [0.717, 1.165) is 51.6 Å². The number of likely N-dealkylation sites (N-methyl/N-ethyl adjacent to an activating group) is 1. The minimum Gasteiger partial charge on any atom is -0.381 e. The molecule has 1 aromatic carbocycles. The fraction of sp³-hybridized carbons (Fsp3) is 0.708. The average Bonchev–Trinajstić information content (AvgIpc) is 2.75. The molecule has 2 saturated heterocycles. The van der Waals surface area contributed by atoms with Crippen LogP contribution in [-0.2, 0) is 16.6 Å². The summed E-state index contributed by atoms with van der Waals surface area (Å²) in [6.07, 6.45) is 8.52. The third-order valence-corrected chi connectivity index (χ3v) is 7.73. The molecule has 1 aliphatic carbocycles. The molecular weight excluding hydrogens is 360 g/mol. The predicted molar refractivity (Wildman–Crippen MR) is 120 cm³/mol. The number of aliphatic imine (C=N–C) groups is 1. The van der Waals surface area contributed by atoms with Crippen LogP contribution in [-0.4, -0.2) is 75.3 Å². The van der Waals surface area contributed by atoms with E-state index in [2.05, 4.69) is 53.5 Å². The summed E-state index contributed by atoms with van der Waals surface area (Å²) < 4.78 is 5.64. The monoisotopic (exact) mass is 398 g/mol. The Morgan fingerprint density at radius 3 is 2.66 bits per heavy atom. The second-order valence-corrected chi connectivity index (χ2v) is 9.45. The topological polar surface area (TPSA) is 40.1 Å². The molecule has 0 aromatic heterocycles. The van der Waals surface area contributed by atoms with Crippen molar-refractivity contribution in [2.24, 2.45) is 4.99 Å². The summed E-state index contributed by atoms with van der Waals surface area (Å²) in [6, 6.07) is 9.16. The highest BCUT2D eigenvalue weighted by Crippen LogP contribution is 2.43. The van der Waals surface area contributed by atoms with Gasteiger partial charge < -0.3 is 19.9 Å². The van der Waals surface area contributed by atoms with Gasteiger partial charge in [-0.05, 0) is 70.2 Å². The molecule has 160 valence electrons. The number of fused-ring (bicyclic) bond motifs is 2. The van der Waals surface area contributed by atoms with E-state index in [-0.39, 0.29) is 5.54 Å². The fourth-order valence-electron chi connectivity index (χ4n) is 5.85. The van der Waals surface area contributed by atoms with E-state index in [1.54, 1.807) is 11.1 Å². The van der Waals surface area contributed by atoms with Gasteiger partial charge in [0.25, 0.3) is 0 Å². The van der Waals surface area contributed by atoms with Crippen molar-refractivity contribution >= 4 is 5.96 Å². The molecule has 1 spiro atoms. The maximum absolute atomic E-state index is 5.64. The van der Waals surface area contributed by atoms with Crippen LogP contribution in [0, 0.1) is 0 Å². The Bertz CT molecular complexity index is 725. The van der Waals surface area contributed by atoms with Crippen molar-refractivity contribution in [2.75, 3.05) is 54.0 Å². The molecule has 1 aromatic rings. The maximum atomic E-state index is 5.64. The van der Waals surface area contributed by atoms with E-state index in [9.17, 15) is 0 Å². The minimum absolute atomic E-state index is 0.152. The van der Waals surface area contributed by atoms with E-state index in [0.29, 0.717) is 5.41 Å². The molecule has 5 nitrogen and oxygen atoms in total. The zero-order valence-corrected chi connectivity index (χ0v) is 18.5. The summed E-state index contributed by atoms with van der Waals surface area (Å²) in [5, 5.41) is 3.76. The van der Waals surface area contributed by atoms with Gasteiger partial charge >= 0.3 is 0 Å². The van der Waals surface area contributed by atoms with Crippen molar-refractivity contribution < 1.29 is 4.74 Å². The molecule has 2 fully saturated rings. The minimum atomic E-state index is 0.152. The van der Waals surface area contributed by atoms with Crippen LogP contribution in [0.5, 0.6) is 0 Å². The number of guanidine groups is 1. The lowest BCUT2D eigenvalue weighted by molar-refractivity contribution is -0.00537. The normalized spacial score (nSPS) is 27.2. The number of benzene rings is 1. The molecule has 4 rings (SSSR count). The standard InChI is InChI=1S/C24H38N4O/c1-25-22(26-18-24(27(2)3)13-16-29-17-14-24)28-15-7-12-23(19-28)11-6-9-20-8-4-5-10-21(20)23/h4-5,8,10H,6-7,9,11-19H2,1-3H3,(H,25,26). The number of rotatable bonds is 3. The Morgan fingerprint density at radius 2 is 1.90 bits per heavy atom. The van der Waals surface area contributed by atoms with E-state index < -0.39 is 0 Å². The van der Waals surface area contributed by atoms with Crippen molar-refractivity contribution in [1.29, 1.82) is 0 Å². The molecule has 3 aliphatic rings. The van der Waals surface area contributed by atoms with Gasteiger partial charge in [0.1, 0.15) is 0 Å². The lowest BCUT2D eigenvalue weighted by Crippen LogP contribution is -2.59. The summed E-state index contributed by atoms with van der Waals surface area (Å²) in [7, 11) is 6.33. The summed E-state index contributed by atoms with van der Waals surface area (Å²) in [5.41, 5.74) is 3.61. The molecule has 1 N–H and O–H groups in total. The number of aryl methyl sites for hydroxylation is 1. The lowest BCUT2D eigenvalue weighted by Gasteiger charge is -2.48. The van der Waals surface area contributed by atoms with Gasteiger partial charge in [-0.2, -0.15) is 0 Å². The molecule has 29 heavy (non-hydrogen) atoms. The van der Waals surface area contributed by atoms with Gasteiger partial charge in [-0.1, -0.05) is 24.3 Å². The second kappa shape index (κ2) is 8.65. The first-order valence-corrected chi connectivity index (χ1v) is 11.4. The van der Waals surface area contributed by atoms with E-state index >= 15 is 0 Å². The van der Waals surface area contributed by atoms with Crippen LogP contribution in [0.3, 0.4) is 0 Å². The van der Waals surface area contributed by atoms with Gasteiger partial charge in [0, 0.05) is 50.8 Å². The van der Waals surface area contributed by atoms with Gasteiger partial charge in [0.15, 0.2) is 5.96 Å². The summed E-state index contributed by atoms with van der Waals surface area (Å²) >= 11 is 0. The number of nitrogens with one attached hydrogen (secondary N) is 1. The van der Waals surface area contributed by atoms with Crippen LogP contribution in [0.2, 0.25) is 0 Å². The van der Waals surface area contributed by atoms with Crippen LogP contribution in [0.4, 0.5) is 0 Å². The quantitative estimate of drug-likeness (QED) is 0.628. The zero-order chi connectivity index (χ0) is 20.3. The highest BCUT2D eigenvalue weighted by atomic mass is 16.5.